The van der Waals surface area contributed by atoms with Gasteiger partial charge in [0.05, 0.1) is 12.2 Å². The van der Waals surface area contributed by atoms with Crippen LogP contribution in [0, 0.1) is 11.3 Å². The summed E-state index contributed by atoms with van der Waals surface area (Å²) in [7, 11) is 0. The second-order valence-corrected chi connectivity index (χ2v) is 2.34. The number of benzene rings is 1. The summed E-state index contributed by atoms with van der Waals surface area (Å²) < 4.78 is 0. The molecule has 0 aromatic heterocycles. The third kappa shape index (κ3) is 2.22. The molecule has 12 heavy (non-hydrogen) atoms. The first-order chi connectivity index (χ1) is 5.84. The molecule has 0 aliphatic rings. The number of aliphatic hydroxyl groups excluding tert-OH is 1. The molecule has 0 heterocycles. The summed E-state index contributed by atoms with van der Waals surface area (Å²) in [4.78, 5) is 0. The number of hydrogen-bond donors (Lipinski definition) is 1. The molecule has 1 aromatic carbocycles. The molecule has 2 nitrogen and oxygen atoms in total. The summed E-state index contributed by atoms with van der Waals surface area (Å²) in [5.74, 6) is 0. The van der Waals surface area contributed by atoms with E-state index in [0.29, 0.717) is 0 Å². The van der Waals surface area contributed by atoms with Crippen LogP contribution in [0.2, 0.25) is 0 Å². The topological polar surface area (TPSA) is 44.0 Å². The molecule has 2 heteroatoms. The Morgan fingerprint density at radius 3 is 2.58 bits per heavy atom. The number of aliphatic hydroxyl groups is 1. The van der Waals surface area contributed by atoms with Gasteiger partial charge in [0.1, 0.15) is 0 Å². The Morgan fingerprint density at radius 1 is 1.33 bits per heavy atom. The van der Waals surface area contributed by atoms with Gasteiger partial charge in [-0.1, -0.05) is 30.3 Å². The number of hydrogen-bond acceptors (Lipinski definition) is 2. The van der Waals surface area contributed by atoms with Crippen molar-refractivity contribution in [2.75, 3.05) is 0 Å². The van der Waals surface area contributed by atoms with E-state index in [2.05, 4.69) is 0 Å². The average molecular weight is 159 g/mol. The molecule has 0 fully saturated rings. The molecule has 1 aromatic rings. The van der Waals surface area contributed by atoms with Crippen LogP contribution in [-0.2, 0) is 0 Å². The van der Waals surface area contributed by atoms with Crippen LogP contribution in [0.3, 0.4) is 0 Å². The van der Waals surface area contributed by atoms with E-state index in [1.807, 2.05) is 36.4 Å². The van der Waals surface area contributed by atoms with Gasteiger partial charge in [0, 0.05) is 6.08 Å². The summed E-state index contributed by atoms with van der Waals surface area (Å²) in [5, 5.41) is 17.6. The maximum Gasteiger partial charge on any atom is 0.0981 e. The van der Waals surface area contributed by atoms with E-state index < -0.39 is 6.10 Å². The number of nitrogens with zero attached hydrogens (tertiary/aromatic N) is 1. The fourth-order valence-electron chi connectivity index (χ4n) is 0.896. The van der Waals surface area contributed by atoms with Crippen molar-refractivity contribution in [3.8, 4) is 6.07 Å². The summed E-state index contributed by atoms with van der Waals surface area (Å²) >= 11 is 0. The lowest BCUT2D eigenvalue weighted by Crippen LogP contribution is -1.91. The molecule has 0 radical (unpaired) electrons. The van der Waals surface area contributed by atoms with Crippen LogP contribution in [0.4, 0.5) is 0 Å². The lowest BCUT2D eigenvalue weighted by molar-refractivity contribution is 0.228. The zero-order chi connectivity index (χ0) is 8.81. The molecule has 0 saturated heterocycles. The molecule has 0 bridgehead atoms. The standard InChI is InChI=1S/C10H9NO/c11-8-4-7-10(12)9-5-2-1-3-6-9/h1-7,10,12H. The van der Waals surface area contributed by atoms with E-state index in [4.69, 9.17) is 5.26 Å². The normalized spacial score (nSPS) is 12.7. The molecule has 1 rings (SSSR count). The first-order valence-electron chi connectivity index (χ1n) is 3.64. The van der Waals surface area contributed by atoms with Gasteiger partial charge in [-0.05, 0) is 11.6 Å². The second kappa shape index (κ2) is 4.32. The predicted molar refractivity (Wildman–Crippen MR) is 46.2 cm³/mol. The van der Waals surface area contributed by atoms with Crippen molar-refractivity contribution < 1.29 is 5.11 Å². The highest BCUT2D eigenvalue weighted by atomic mass is 16.3. The van der Waals surface area contributed by atoms with Crippen molar-refractivity contribution in [1.82, 2.24) is 0 Å². The maximum atomic E-state index is 9.41. The van der Waals surface area contributed by atoms with Crippen molar-refractivity contribution in [2.24, 2.45) is 0 Å². The van der Waals surface area contributed by atoms with E-state index >= 15 is 0 Å². The zero-order valence-corrected chi connectivity index (χ0v) is 6.51. The third-order valence-electron chi connectivity index (χ3n) is 1.49. The number of allylic oxidation sites excluding steroid dienone is 1. The molecule has 60 valence electrons. The fourth-order valence-corrected chi connectivity index (χ4v) is 0.896. The SMILES string of the molecule is N#CC=CC(O)c1ccccc1. The fraction of sp³-hybridized carbons (Fsp3) is 0.100. The zero-order valence-electron chi connectivity index (χ0n) is 6.51. The Labute approximate surface area is 71.4 Å². The summed E-state index contributed by atoms with van der Waals surface area (Å²) in [6.07, 6.45) is 2.05. The van der Waals surface area contributed by atoms with E-state index in [-0.39, 0.29) is 0 Å². The quantitative estimate of drug-likeness (QED) is 0.668. The lowest BCUT2D eigenvalue weighted by Gasteiger charge is -2.03. The van der Waals surface area contributed by atoms with Gasteiger partial charge in [0.2, 0.25) is 0 Å². The Hall–Kier alpha value is -1.59. The summed E-state index contributed by atoms with van der Waals surface area (Å²) in [6, 6.07) is 11.0. The number of nitriles is 1. The van der Waals surface area contributed by atoms with Gasteiger partial charge in [-0.2, -0.15) is 5.26 Å². The van der Waals surface area contributed by atoms with Crippen molar-refractivity contribution >= 4 is 0 Å². The average Bonchev–Trinajstić information content (AvgIpc) is 2.15. The molecule has 0 aliphatic carbocycles. The molecule has 0 saturated carbocycles. The highest BCUT2D eigenvalue weighted by molar-refractivity contribution is 5.22. The van der Waals surface area contributed by atoms with Gasteiger partial charge in [-0.25, -0.2) is 0 Å². The number of rotatable bonds is 2. The van der Waals surface area contributed by atoms with Crippen LogP contribution in [0.25, 0.3) is 0 Å². The van der Waals surface area contributed by atoms with Crippen LogP contribution in [0.5, 0.6) is 0 Å². The van der Waals surface area contributed by atoms with E-state index in [1.165, 1.54) is 12.2 Å². The largest absolute Gasteiger partial charge is 0.384 e. The minimum absolute atomic E-state index is 0.675. The van der Waals surface area contributed by atoms with Crippen molar-refractivity contribution in [3.05, 3.63) is 48.0 Å². The molecule has 0 spiro atoms. The first-order valence-corrected chi connectivity index (χ1v) is 3.64. The van der Waals surface area contributed by atoms with Crippen LogP contribution >= 0.6 is 0 Å². The van der Waals surface area contributed by atoms with E-state index in [9.17, 15) is 5.11 Å². The first kappa shape index (κ1) is 8.51. The van der Waals surface area contributed by atoms with Gasteiger partial charge in [-0.15, -0.1) is 0 Å². The van der Waals surface area contributed by atoms with Crippen molar-refractivity contribution in [1.29, 1.82) is 5.26 Å². The van der Waals surface area contributed by atoms with Crippen LogP contribution in [-0.4, -0.2) is 5.11 Å². The molecule has 1 N–H and O–H groups in total. The van der Waals surface area contributed by atoms with Crippen LogP contribution < -0.4 is 0 Å². The predicted octanol–water partition coefficient (Wildman–Crippen LogP) is 1.80. The Kier molecular flexibility index (Phi) is 3.06. The molecular weight excluding hydrogens is 150 g/mol. The second-order valence-electron chi connectivity index (χ2n) is 2.34. The van der Waals surface area contributed by atoms with Gasteiger partial charge in [0.15, 0.2) is 0 Å². The highest BCUT2D eigenvalue weighted by Gasteiger charge is 1.99. The minimum Gasteiger partial charge on any atom is -0.384 e. The summed E-state index contributed by atoms with van der Waals surface area (Å²) in [6.45, 7) is 0. The van der Waals surface area contributed by atoms with Gasteiger partial charge in [0.25, 0.3) is 0 Å². The van der Waals surface area contributed by atoms with Gasteiger partial charge < -0.3 is 5.11 Å². The van der Waals surface area contributed by atoms with Gasteiger partial charge >= 0.3 is 0 Å². The Bertz CT molecular complexity index is 297. The lowest BCUT2D eigenvalue weighted by atomic mass is 10.1. The maximum absolute atomic E-state index is 9.41. The molecule has 0 amide bonds. The Balaban J connectivity index is 2.73. The monoisotopic (exact) mass is 159 g/mol. The van der Waals surface area contributed by atoms with Crippen LogP contribution in [0.15, 0.2) is 42.5 Å². The molecule has 0 aliphatic heterocycles. The smallest absolute Gasteiger partial charge is 0.0981 e. The summed E-state index contributed by atoms with van der Waals surface area (Å²) in [5.41, 5.74) is 0.795. The highest BCUT2D eigenvalue weighted by Crippen LogP contribution is 2.12. The van der Waals surface area contributed by atoms with Gasteiger partial charge in [-0.3, -0.25) is 0 Å². The molecular formula is C10H9NO. The molecule has 1 unspecified atom stereocenters. The van der Waals surface area contributed by atoms with E-state index in [0.717, 1.165) is 5.56 Å². The third-order valence-corrected chi connectivity index (χ3v) is 1.49. The Morgan fingerprint density at radius 2 is 2.00 bits per heavy atom. The van der Waals surface area contributed by atoms with Crippen molar-refractivity contribution in [3.63, 3.8) is 0 Å². The van der Waals surface area contributed by atoms with E-state index in [1.54, 1.807) is 0 Å². The van der Waals surface area contributed by atoms with Crippen LogP contribution in [0.1, 0.15) is 11.7 Å². The minimum atomic E-state index is -0.675. The molecule has 1 atom stereocenters. The van der Waals surface area contributed by atoms with Crippen molar-refractivity contribution in [2.45, 2.75) is 6.10 Å².